The van der Waals surface area contributed by atoms with Crippen molar-refractivity contribution < 1.29 is 0 Å². The number of nitriles is 1. The molecule has 0 amide bonds. The van der Waals surface area contributed by atoms with Crippen LogP contribution in [0.25, 0.3) is 0 Å². The van der Waals surface area contributed by atoms with E-state index in [2.05, 4.69) is 22.6 Å². The van der Waals surface area contributed by atoms with Gasteiger partial charge in [0, 0.05) is 3.57 Å². The number of halogens is 1. The fraction of sp³-hybridized carbons (Fsp3) is 0.125. The van der Waals surface area contributed by atoms with E-state index < -0.39 is 0 Å². The van der Waals surface area contributed by atoms with E-state index in [0.717, 1.165) is 9.13 Å². The number of rotatable bonds is 0. The number of nitrogen functional groups attached to an aromatic ring is 1. The van der Waals surface area contributed by atoms with Gasteiger partial charge >= 0.3 is 0 Å². The molecular formula is C8H7IN2. The van der Waals surface area contributed by atoms with Gasteiger partial charge in [-0.2, -0.15) is 5.26 Å². The fourth-order valence-corrected chi connectivity index (χ4v) is 1.27. The molecule has 1 rings (SSSR count). The van der Waals surface area contributed by atoms with Crippen LogP contribution in [-0.2, 0) is 0 Å². The van der Waals surface area contributed by atoms with Gasteiger partial charge in [0.1, 0.15) is 6.07 Å². The van der Waals surface area contributed by atoms with Crippen LogP contribution in [0.4, 0.5) is 5.69 Å². The Morgan fingerprint density at radius 2 is 2.18 bits per heavy atom. The zero-order valence-corrected chi connectivity index (χ0v) is 8.21. The van der Waals surface area contributed by atoms with Gasteiger partial charge in [0.15, 0.2) is 0 Å². The largest absolute Gasteiger partial charge is 0.397 e. The van der Waals surface area contributed by atoms with Crippen molar-refractivity contribution in [1.29, 1.82) is 5.26 Å². The normalized spacial score (nSPS) is 9.18. The van der Waals surface area contributed by atoms with Crippen LogP contribution < -0.4 is 5.73 Å². The molecule has 2 nitrogen and oxygen atoms in total. The molecule has 2 N–H and O–H groups in total. The van der Waals surface area contributed by atoms with Gasteiger partial charge in [-0.15, -0.1) is 0 Å². The lowest BCUT2D eigenvalue weighted by Crippen LogP contribution is -1.95. The summed E-state index contributed by atoms with van der Waals surface area (Å²) in [5.41, 5.74) is 7.81. The average molecular weight is 258 g/mol. The summed E-state index contributed by atoms with van der Waals surface area (Å²) in [5.74, 6) is 0. The molecule has 0 unspecified atom stereocenters. The first kappa shape index (κ1) is 8.34. The Morgan fingerprint density at radius 1 is 1.55 bits per heavy atom. The van der Waals surface area contributed by atoms with Crippen molar-refractivity contribution in [2.24, 2.45) is 0 Å². The van der Waals surface area contributed by atoms with Gasteiger partial charge in [-0.25, -0.2) is 0 Å². The van der Waals surface area contributed by atoms with Crippen LogP contribution in [0.3, 0.4) is 0 Å². The topological polar surface area (TPSA) is 49.8 Å². The van der Waals surface area contributed by atoms with Crippen molar-refractivity contribution >= 4 is 28.3 Å². The van der Waals surface area contributed by atoms with Gasteiger partial charge in [0.25, 0.3) is 0 Å². The Hall–Kier alpha value is -0.760. The number of hydrogen-bond donors (Lipinski definition) is 1. The monoisotopic (exact) mass is 258 g/mol. The minimum atomic E-state index is 0.558. The molecule has 0 saturated carbocycles. The van der Waals surface area contributed by atoms with Gasteiger partial charge < -0.3 is 5.73 Å². The molecule has 0 aliphatic carbocycles. The Bertz CT molecular complexity index is 326. The first-order valence-electron chi connectivity index (χ1n) is 3.11. The Morgan fingerprint density at radius 3 is 2.73 bits per heavy atom. The summed E-state index contributed by atoms with van der Waals surface area (Å²) in [7, 11) is 0. The second-order valence-corrected chi connectivity index (χ2v) is 3.41. The number of benzene rings is 1. The molecule has 0 heterocycles. The van der Waals surface area contributed by atoms with E-state index in [4.69, 9.17) is 11.0 Å². The molecule has 0 radical (unpaired) electrons. The molecule has 3 heteroatoms. The van der Waals surface area contributed by atoms with Crippen LogP contribution in [0.15, 0.2) is 12.1 Å². The maximum absolute atomic E-state index is 8.60. The predicted octanol–water partition coefficient (Wildman–Crippen LogP) is 2.05. The zero-order chi connectivity index (χ0) is 8.43. The highest BCUT2D eigenvalue weighted by Gasteiger charge is 2.03. The van der Waals surface area contributed by atoms with Crippen LogP contribution >= 0.6 is 22.6 Å². The third-order valence-electron chi connectivity index (χ3n) is 1.57. The molecule has 0 aromatic heterocycles. The molecule has 0 atom stereocenters. The molecule has 56 valence electrons. The number of hydrogen-bond acceptors (Lipinski definition) is 2. The summed E-state index contributed by atoms with van der Waals surface area (Å²) in [6.45, 7) is 1.91. The number of nitrogens with two attached hydrogens (primary N) is 1. The Kier molecular flexibility index (Phi) is 2.35. The van der Waals surface area contributed by atoms with Gasteiger partial charge in [0.2, 0.25) is 0 Å². The smallest absolute Gasteiger partial charge is 0.101 e. The van der Waals surface area contributed by atoms with Crippen molar-refractivity contribution in [2.45, 2.75) is 6.92 Å². The van der Waals surface area contributed by atoms with Crippen LogP contribution in [0.1, 0.15) is 11.1 Å². The number of nitrogens with zero attached hydrogens (tertiary/aromatic N) is 1. The molecule has 1 aromatic rings. The molecule has 0 aliphatic heterocycles. The third kappa shape index (κ3) is 1.46. The van der Waals surface area contributed by atoms with Crippen LogP contribution in [0, 0.1) is 21.8 Å². The highest BCUT2D eigenvalue weighted by atomic mass is 127. The zero-order valence-electron chi connectivity index (χ0n) is 6.06. The second-order valence-electron chi connectivity index (χ2n) is 2.25. The quantitative estimate of drug-likeness (QED) is 0.572. The SMILES string of the molecule is Cc1c(I)ccc(C#N)c1N. The van der Waals surface area contributed by atoms with Crippen molar-refractivity contribution in [1.82, 2.24) is 0 Å². The van der Waals surface area contributed by atoms with E-state index in [-0.39, 0.29) is 0 Å². The Balaban J connectivity index is 3.40. The highest BCUT2D eigenvalue weighted by molar-refractivity contribution is 14.1. The maximum atomic E-state index is 8.60. The molecule has 0 aliphatic rings. The molecule has 0 saturated heterocycles. The molecule has 11 heavy (non-hydrogen) atoms. The average Bonchev–Trinajstić information content (AvgIpc) is 2.01. The molecule has 0 spiro atoms. The molecule has 0 fully saturated rings. The van der Waals surface area contributed by atoms with E-state index >= 15 is 0 Å². The van der Waals surface area contributed by atoms with E-state index in [1.54, 1.807) is 6.07 Å². The first-order valence-corrected chi connectivity index (χ1v) is 4.19. The molecular weight excluding hydrogens is 251 g/mol. The first-order chi connectivity index (χ1) is 5.16. The minimum Gasteiger partial charge on any atom is -0.397 e. The maximum Gasteiger partial charge on any atom is 0.101 e. The minimum absolute atomic E-state index is 0.558. The lowest BCUT2D eigenvalue weighted by Gasteiger charge is -2.03. The van der Waals surface area contributed by atoms with E-state index in [1.165, 1.54) is 0 Å². The number of anilines is 1. The predicted molar refractivity (Wildman–Crippen MR) is 53.0 cm³/mol. The highest BCUT2D eigenvalue weighted by Crippen LogP contribution is 2.21. The summed E-state index contributed by atoms with van der Waals surface area (Å²) < 4.78 is 1.10. The van der Waals surface area contributed by atoms with Crippen LogP contribution in [-0.4, -0.2) is 0 Å². The Labute approximate surface area is 79.2 Å². The van der Waals surface area contributed by atoms with Gasteiger partial charge in [-0.3, -0.25) is 0 Å². The third-order valence-corrected chi connectivity index (χ3v) is 2.74. The summed E-state index contributed by atoms with van der Waals surface area (Å²) in [6, 6.07) is 5.67. The van der Waals surface area contributed by atoms with Crippen LogP contribution in [0.5, 0.6) is 0 Å². The molecule has 0 bridgehead atoms. The van der Waals surface area contributed by atoms with Crippen molar-refractivity contribution in [3.63, 3.8) is 0 Å². The standard InChI is InChI=1S/C8H7IN2/c1-5-7(9)3-2-6(4-10)8(5)11/h2-3H,11H2,1H3. The summed E-state index contributed by atoms with van der Waals surface area (Å²) >= 11 is 2.19. The lowest BCUT2D eigenvalue weighted by atomic mass is 10.1. The van der Waals surface area contributed by atoms with Crippen LogP contribution in [0.2, 0.25) is 0 Å². The van der Waals surface area contributed by atoms with Gasteiger partial charge in [-0.1, -0.05) is 0 Å². The summed E-state index contributed by atoms with van der Waals surface area (Å²) in [5, 5.41) is 8.60. The second kappa shape index (κ2) is 3.09. The van der Waals surface area contributed by atoms with E-state index in [9.17, 15) is 0 Å². The van der Waals surface area contributed by atoms with Gasteiger partial charge in [0.05, 0.1) is 11.3 Å². The van der Waals surface area contributed by atoms with Crippen molar-refractivity contribution in [3.8, 4) is 6.07 Å². The van der Waals surface area contributed by atoms with E-state index in [0.29, 0.717) is 11.3 Å². The van der Waals surface area contributed by atoms with Crippen molar-refractivity contribution in [2.75, 3.05) is 5.73 Å². The molecule has 1 aromatic carbocycles. The lowest BCUT2D eigenvalue weighted by molar-refractivity contribution is 1.39. The van der Waals surface area contributed by atoms with E-state index in [1.807, 2.05) is 19.1 Å². The fourth-order valence-electron chi connectivity index (χ4n) is 0.799. The summed E-state index contributed by atoms with van der Waals surface area (Å²) in [4.78, 5) is 0. The van der Waals surface area contributed by atoms with Gasteiger partial charge in [-0.05, 0) is 47.2 Å². The van der Waals surface area contributed by atoms with Crippen molar-refractivity contribution in [3.05, 3.63) is 26.8 Å². The summed E-state index contributed by atoms with van der Waals surface area (Å²) in [6.07, 6.45) is 0.